The first kappa shape index (κ1) is 24.9. The number of anilines is 2. The smallest absolute Gasteiger partial charge is 0.377 e. The Labute approximate surface area is 219 Å². The lowest BCUT2D eigenvalue weighted by Crippen LogP contribution is -2.34. The van der Waals surface area contributed by atoms with Gasteiger partial charge in [0, 0.05) is 42.3 Å². The number of fused-ring (bicyclic) bond motifs is 3. The summed E-state index contributed by atoms with van der Waals surface area (Å²) in [6, 6.07) is 7.50. The summed E-state index contributed by atoms with van der Waals surface area (Å²) >= 11 is 0. The largest absolute Gasteiger partial charge is 0.419 e. The fourth-order valence-electron chi connectivity index (χ4n) is 4.59. The Balaban J connectivity index is 1.37. The molecule has 2 N–H and O–H groups in total. The Morgan fingerprint density at radius 2 is 2.00 bits per heavy atom. The number of nitrogens with zero attached hydrogens (tertiary/aromatic N) is 5. The molecule has 0 atom stereocenters. The van der Waals surface area contributed by atoms with Gasteiger partial charge in [-0.2, -0.15) is 18.2 Å². The van der Waals surface area contributed by atoms with E-state index in [-0.39, 0.29) is 11.7 Å². The third-order valence-corrected chi connectivity index (χ3v) is 6.61. The molecule has 0 spiro atoms. The summed E-state index contributed by atoms with van der Waals surface area (Å²) in [5, 5.41) is 5.85. The molecule has 13 heteroatoms. The van der Waals surface area contributed by atoms with E-state index in [2.05, 4.69) is 30.6 Å². The number of rotatable bonds is 4. The molecule has 1 aromatic carbocycles. The zero-order valence-corrected chi connectivity index (χ0v) is 20.5. The van der Waals surface area contributed by atoms with Gasteiger partial charge in [-0.3, -0.25) is 4.79 Å². The van der Waals surface area contributed by atoms with Crippen molar-refractivity contribution in [3.05, 3.63) is 71.0 Å². The molecule has 1 fully saturated rings. The van der Waals surface area contributed by atoms with Crippen LogP contribution in [0.2, 0.25) is 0 Å². The van der Waals surface area contributed by atoms with Crippen LogP contribution in [0, 0.1) is 12.7 Å². The van der Waals surface area contributed by atoms with Crippen LogP contribution in [0.1, 0.15) is 21.6 Å². The topological polar surface area (TPSA) is 106 Å². The number of amides is 1. The molecule has 0 unspecified atom stereocenters. The van der Waals surface area contributed by atoms with Crippen LogP contribution in [0.25, 0.3) is 22.5 Å². The molecule has 1 aromatic heterocycles. The van der Waals surface area contributed by atoms with Crippen LogP contribution in [0.15, 0.2) is 47.7 Å². The number of carbonyl (C=O) groups is 1. The molecule has 4 aliphatic rings. The number of aromatic nitrogens is 4. The van der Waals surface area contributed by atoms with E-state index in [0.717, 1.165) is 40.1 Å². The Kier molecular flexibility index (Phi) is 6.02. The van der Waals surface area contributed by atoms with Gasteiger partial charge in [0.2, 0.25) is 5.62 Å². The summed E-state index contributed by atoms with van der Waals surface area (Å²) in [6.45, 7) is 4.34. The minimum absolute atomic E-state index is 0.0538. The third kappa shape index (κ3) is 4.58. The summed E-state index contributed by atoms with van der Waals surface area (Å²) in [4.78, 5) is 29.8. The number of aryl methyl sites for hydroxylation is 1. The third-order valence-electron chi connectivity index (χ3n) is 6.61. The van der Waals surface area contributed by atoms with Crippen LogP contribution in [0.5, 0.6) is 0 Å². The Morgan fingerprint density at radius 3 is 2.74 bits per heavy atom. The second-order valence-corrected chi connectivity index (χ2v) is 9.26. The molecule has 1 amide bonds. The highest BCUT2D eigenvalue weighted by atomic mass is 19.4. The highest BCUT2D eigenvalue weighted by Crippen LogP contribution is 2.39. The molecular weight excluding hydrogens is 518 g/mol. The van der Waals surface area contributed by atoms with E-state index in [0.29, 0.717) is 38.0 Å². The molecule has 0 saturated carbocycles. The van der Waals surface area contributed by atoms with Crippen molar-refractivity contribution in [3.8, 4) is 22.5 Å². The van der Waals surface area contributed by atoms with Gasteiger partial charge in [-0.15, -0.1) is 0 Å². The van der Waals surface area contributed by atoms with Gasteiger partial charge in [0.15, 0.2) is 11.5 Å². The van der Waals surface area contributed by atoms with Crippen LogP contribution < -0.4 is 16.3 Å². The second kappa shape index (κ2) is 9.42. The molecule has 0 aliphatic carbocycles. The van der Waals surface area contributed by atoms with Crippen LogP contribution in [0.4, 0.5) is 29.1 Å². The summed E-state index contributed by atoms with van der Waals surface area (Å²) < 4.78 is 61.0. The molecule has 9 nitrogen and oxygen atoms in total. The Hall–Kier alpha value is -4.39. The number of hydrogen-bond donors (Lipinski definition) is 2. The van der Waals surface area contributed by atoms with Gasteiger partial charge in [0.05, 0.1) is 18.8 Å². The number of ether oxygens (including phenoxy) is 1. The van der Waals surface area contributed by atoms with Gasteiger partial charge < -0.3 is 19.9 Å². The lowest BCUT2D eigenvalue weighted by atomic mass is 9.98. The van der Waals surface area contributed by atoms with Gasteiger partial charge >= 0.3 is 6.18 Å². The summed E-state index contributed by atoms with van der Waals surface area (Å²) in [5.41, 5.74) is 1.40. The first-order valence-electron chi connectivity index (χ1n) is 12.1. The highest BCUT2D eigenvalue weighted by Gasteiger charge is 2.36. The number of carbonyl (C=O) groups excluding carboxylic acids is 1. The molecule has 1 saturated heterocycles. The summed E-state index contributed by atoms with van der Waals surface area (Å²) in [5.74, 6) is -1.28. The average molecular weight is 539 g/mol. The zero-order chi connectivity index (χ0) is 27.3. The first-order chi connectivity index (χ1) is 18.7. The number of alkyl halides is 3. The maximum atomic E-state index is 14.5. The molecule has 2 aromatic rings. The van der Waals surface area contributed by atoms with Crippen molar-refractivity contribution < 1.29 is 27.1 Å². The monoisotopic (exact) mass is 539 g/mol. The van der Waals surface area contributed by atoms with E-state index in [1.165, 1.54) is 0 Å². The molecule has 6 rings (SSSR count). The van der Waals surface area contributed by atoms with Crippen molar-refractivity contribution in [2.75, 3.05) is 30.4 Å². The quantitative estimate of drug-likeness (QED) is 0.382. The van der Waals surface area contributed by atoms with Crippen LogP contribution >= 0.6 is 0 Å². The standard InChI is InChI=1S/C26H21F4N7O2/c1-13-2-3-15(34-24(38)21-20(27)19(4-5-31-21)26(28,29)30)9-17(13)18-8-14-10-33-25(35-16-11-39-12-16)36-22(14)37-7-6-32-23(18)37/h2-5,8-10,16,32H,6-7,11-12H2,1H3,(H,34,38). The Morgan fingerprint density at radius 1 is 1.18 bits per heavy atom. The van der Waals surface area contributed by atoms with Crippen molar-refractivity contribution in [1.82, 2.24) is 19.5 Å². The van der Waals surface area contributed by atoms with Gasteiger partial charge in [-0.05, 0) is 42.3 Å². The number of nitrogens with one attached hydrogen (secondary N) is 2. The fourth-order valence-corrected chi connectivity index (χ4v) is 4.59. The SMILES string of the molecule is Cc1ccc(NC(=O)c2nccc(C(F)(F)F)c2F)cc1-c1cc2cnc(=NC3COC3)nc-2n2c1NCC2. The van der Waals surface area contributed by atoms with Crippen molar-refractivity contribution in [2.45, 2.75) is 25.7 Å². The van der Waals surface area contributed by atoms with Crippen molar-refractivity contribution >= 4 is 17.4 Å². The first-order valence-corrected chi connectivity index (χ1v) is 12.1. The van der Waals surface area contributed by atoms with Gasteiger partial charge in [0.25, 0.3) is 5.91 Å². The zero-order valence-electron chi connectivity index (χ0n) is 20.5. The minimum Gasteiger partial charge on any atom is -0.377 e. The van der Waals surface area contributed by atoms with E-state index in [4.69, 9.17) is 4.74 Å². The Bertz CT molecular complexity index is 1650. The van der Waals surface area contributed by atoms with Gasteiger partial charge in [-0.1, -0.05) is 6.07 Å². The van der Waals surface area contributed by atoms with Crippen LogP contribution in [0.3, 0.4) is 0 Å². The van der Waals surface area contributed by atoms with Crippen LogP contribution in [-0.4, -0.2) is 51.2 Å². The van der Waals surface area contributed by atoms with E-state index in [9.17, 15) is 22.4 Å². The highest BCUT2D eigenvalue weighted by molar-refractivity contribution is 6.03. The normalized spacial score (nSPS) is 15.7. The van der Waals surface area contributed by atoms with Crippen molar-refractivity contribution in [1.29, 1.82) is 0 Å². The van der Waals surface area contributed by atoms with E-state index in [1.54, 1.807) is 24.4 Å². The lowest BCUT2D eigenvalue weighted by Gasteiger charge is -2.21. The number of pyridine rings is 2. The van der Waals surface area contributed by atoms with Crippen molar-refractivity contribution in [3.63, 3.8) is 0 Å². The lowest BCUT2D eigenvalue weighted by molar-refractivity contribution is -0.140. The number of halogens is 4. The maximum Gasteiger partial charge on any atom is 0.419 e. The molecule has 0 bridgehead atoms. The predicted molar refractivity (Wildman–Crippen MR) is 133 cm³/mol. The summed E-state index contributed by atoms with van der Waals surface area (Å²) in [6.07, 6.45) is -2.49. The molecular formula is C26H21F4N7O2. The minimum atomic E-state index is -4.95. The average Bonchev–Trinajstić information content (AvgIpc) is 3.37. The maximum absolute atomic E-state index is 14.5. The molecule has 0 radical (unpaired) electrons. The summed E-state index contributed by atoms with van der Waals surface area (Å²) in [7, 11) is 0. The van der Waals surface area contributed by atoms with Gasteiger partial charge in [0.1, 0.15) is 17.7 Å². The van der Waals surface area contributed by atoms with Crippen molar-refractivity contribution in [2.24, 2.45) is 4.99 Å². The van der Waals surface area contributed by atoms with E-state index >= 15 is 0 Å². The molecule has 4 aliphatic heterocycles. The number of hydrogen-bond acceptors (Lipinski definition) is 7. The molecule has 39 heavy (non-hydrogen) atoms. The second-order valence-electron chi connectivity index (χ2n) is 9.26. The molecule has 200 valence electrons. The van der Waals surface area contributed by atoms with Gasteiger partial charge in [-0.25, -0.2) is 19.4 Å². The predicted octanol–water partition coefficient (Wildman–Crippen LogP) is 3.89. The van der Waals surface area contributed by atoms with E-state index < -0.39 is 29.2 Å². The number of benzene rings is 1. The fraction of sp³-hybridized carbons (Fsp3) is 0.269. The van der Waals surface area contributed by atoms with E-state index in [1.807, 2.05) is 17.6 Å². The van der Waals surface area contributed by atoms with Crippen LogP contribution in [-0.2, 0) is 17.5 Å². The molecule has 5 heterocycles.